The fourth-order valence-electron chi connectivity index (χ4n) is 4.62. The van der Waals surface area contributed by atoms with Crippen LogP contribution >= 0.6 is 0 Å². The largest absolute Gasteiger partial charge is 0.416 e. The predicted molar refractivity (Wildman–Crippen MR) is 120 cm³/mol. The first kappa shape index (κ1) is 26.2. The molecule has 194 valence electrons. The van der Waals surface area contributed by atoms with Gasteiger partial charge in [-0.3, -0.25) is 0 Å². The molecule has 1 fully saturated rings. The van der Waals surface area contributed by atoms with Crippen LogP contribution in [0.1, 0.15) is 53.4 Å². The van der Waals surface area contributed by atoms with Gasteiger partial charge in [-0.15, -0.1) is 0 Å². The molecule has 1 saturated heterocycles. The van der Waals surface area contributed by atoms with Crippen molar-refractivity contribution < 1.29 is 35.8 Å². The summed E-state index contributed by atoms with van der Waals surface area (Å²) in [6.07, 6.45) is -6.97. The van der Waals surface area contributed by atoms with Crippen molar-refractivity contribution in [2.45, 2.75) is 50.4 Å². The van der Waals surface area contributed by atoms with Crippen LogP contribution in [-0.2, 0) is 35.3 Å². The number of rotatable bonds is 6. The second kappa shape index (κ2) is 10.3. The van der Waals surface area contributed by atoms with E-state index in [4.69, 9.17) is 9.47 Å². The van der Waals surface area contributed by atoms with E-state index in [1.165, 1.54) is 6.92 Å². The fraction of sp³-hybridized carbons (Fsp3) is 0.423. The first-order chi connectivity index (χ1) is 16.9. The molecule has 0 aliphatic carbocycles. The minimum atomic E-state index is -4.93. The van der Waals surface area contributed by atoms with Crippen molar-refractivity contribution in [2.24, 2.45) is 13.0 Å². The van der Waals surface area contributed by atoms with Gasteiger partial charge in [-0.05, 0) is 48.6 Å². The first-order valence-electron chi connectivity index (χ1n) is 11.5. The van der Waals surface area contributed by atoms with Crippen molar-refractivity contribution in [3.8, 4) is 0 Å². The quantitative estimate of drug-likeness (QED) is 0.336. The Labute approximate surface area is 204 Å². The molecule has 0 N–H and O–H groups in total. The monoisotopic (exact) mass is 512 g/mol. The lowest BCUT2D eigenvalue weighted by Crippen LogP contribution is -2.38. The number of halogens is 6. The van der Waals surface area contributed by atoms with Crippen molar-refractivity contribution in [1.29, 1.82) is 0 Å². The maximum atomic E-state index is 13.4. The van der Waals surface area contributed by atoms with Crippen LogP contribution in [0.15, 0.2) is 60.9 Å². The maximum absolute atomic E-state index is 13.4. The van der Waals surface area contributed by atoms with Gasteiger partial charge in [0.05, 0.1) is 23.8 Å². The van der Waals surface area contributed by atoms with Crippen LogP contribution in [-0.4, -0.2) is 22.4 Å². The maximum Gasteiger partial charge on any atom is 0.416 e. The standard InChI is InChI=1S/C26H26F6N2O2/c1-16(19-12-20(25(27,28)29)15-21(13-19)26(30,31)32)36-24-23(17-6-4-3-5-7-17)18(8-11-35-24)14-22-33-9-10-34(22)2/h3-7,9-10,12-13,15-16,18,23-24H,8,11,14H2,1-2H3. The Morgan fingerprint density at radius 3 is 2.22 bits per heavy atom. The van der Waals surface area contributed by atoms with E-state index < -0.39 is 35.9 Å². The van der Waals surface area contributed by atoms with Gasteiger partial charge in [0.15, 0.2) is 6.29 Å². The molecule has 3 aromatic rings. The highest BCUT2D eigenvalue weighted by atomic mass is 19.4. The molecular weight excluding hydrogens is 486 g/mol. The molecule has 0 amide bonds. The van der Waals surface area contributed by atoms with E-state index in [1.807, 2.05) is 48.1 Å². The van der Waals surface area contributed by atoms with Gasteiger partial charge in [0.25, 0.3) is 0 Å². The van der Waals surface area contributed by atoms with Gasteiger partial charge in [-0.25, -0.2) is 4.98 Å². The molecule has 4 rings (SSSR count). The molecule has 2 heterocycles. The van der Waals surface area contributed by atoms with E-state index in [2.05, 4.69) is 4.98 Å². The third kappa shape index (κ3) is 5.92. The van der Waals surface area contributed by atoms with Crippen LogP contribution in [0.25, 0.3) is 0 Å². The number of aromatic nitrogens is 2. The molecule has 0 spiro atoms. The summed E-state index contributed by atoms with van der Waals surface area (Å²) in [7, 11) is 1.89. The number of hydrogen-bond donors (Lipinski definition) is 0. The SMILES string of the molecule is CC(OC1OCCC(Cc2nccn2C)C1c1ccccc1)c1cc(C(F)(F)F)cc(C(F)(F)F)c1. The zero-order valence-corrected chi connectivity index (χ0v) is 19.7. The molecule has 4 unspecified atom stereocenters. The Kier molecular flexibility index (Phi) is 7.47. The van der Waals surface area contributed by atoms with Crippen LogP contribution in [0.4, 0.5) is 26.3 Å². The zero-order chi connectivity index (χ0) is 26.1. The van der Waals surface area contributed by atoms with Crippen LogP contribution < -0.4 is 0 Å². The van der Waals surface area contributed by atoms with E-state index in [-0.39, 0.29) is 23.5 Å². The van der Waals surface area contributed by atoms with Gasteiger partial charge in [-0.2, -0.15) is 26.3 Å². The zero-order valence-electron chi connectivity index (χ0n) is 19.7. The third-order valence-electron chi connectivity index (χ3n) is 6.54. The second-order valence-electron chi connectivity index (χ2n) is 9.00. The number of benzene rings is 2. The molecule has 4 atom stereocenters. The van der Waals surface area contributed by atoms with E-state index >= 15 is 0 Å². The van der Waals surface area contributed by atoms with Crippen molar-refractivity contribution in [3.05, 3.63) is 89.0 Å². The number of imidazole rings is 1. The molecule has 1 aliphatic heterocycles. The van der Waals surface area contributed by atoms with Crippen molar-refractivity contribution >= 4 is 0 Å². The molecule has 2 aromatic carbocycles. The summed E-state index contributed by atoms with van der Waals surface area (Å²) >= 11 is 0. The minimum absolute atomic E-state index is 0.0340. The average molecular weight is 512 g/mol. The Bertz CT molecular complexity index is 1130. The van der Waals surface area contributed by atoms with Crippen LogP contribution in [0, 0.1) is 5.92 Å². The Morgan fingerprint density at radius 1 is 1.03 bits per heavy atom. The Balaban J connectivity index is 1.65. The normalized spacial score (nSPS) is 21.9. The lowest BCUT2D eigenvalue weighted by atomic mass is 9.79. The molecule has 10 heteroatoms. The van der Waals surface area contributed by atoms with Gasteiger partial charge < -0.3 is 14.0 Å². The van der Waals surface area contributed by atoms with Gasteiger partial charge in [0, 0.05) is 31.8 Å². The highest BCUT2D eigenvalue weighted by molar-refractivity contribution is 5.35. The summed E-state index contributed by atoms with van der Waals surface area (Å²) in [6, 6.07) is 10.9. The molecule has 0 bridgehead atoms. The van der Waals surface area contributed by atoms with E-state index in [1.54, 1.807) is 6.20 Å². The summed E-state index contributed by atoms with van der Waals surface area (Å²) in [5, 5.41) is 0. The highest BCUT2D eigenvalue weighted by Crippen LogP contribution is 2.42. The number of nitrogens with zero attached hydrogens (tertiary/aromatic N) is 2. The summed E-state index contributed by atoms with van der Waals surface area (Å²) in [5.74, 6) is 0.598. The summed E-state index contributed by atoms with van der Waals surface area (Å²) in [4.78, 5) is 4.41. The lowest BCUT2D eigenvalue weighted by Gasteiger charge is -2.39. The molecule has 4 nitrogen and oxygen atoms in total. The van der Waals surface area contributed by atoms with Crippen LogP contribution in [0.3, 0.4) is 0 Å². The number of alkyl halides is 6. The molecule has 1 aromatic heterocycles. The molecule has 36 heavy (non-hydrogen) atoms. The van der Waals surface area contributed by atoms with Crippen molar-refractivity contribution in [2.75, 3.05) is 6.61 Å². The first-order valence-corrected chi connectivity index (χ1v) is 11.5. The van der Waals surface area contributed by atoms with E-state index in [9.17, 15) is 26.3 Å². The summed E-state index contributed by atoms with van der Waals surface area (Å²) in [6.45, 7) is 1.77. The van der Waals surface area contributed by atoms with E-state index in [0.29, 0.717) is 31.6 Å². The topological polar surface area (TPSA) is 36.3 Å². The smallest absolute Gasteiger partial charge is 0.352 e. The number of ether oxygens (including phenoxy) is 2. The van der Waals surface area contributed by atoms with Crippen molar-refractivity contribution in [1.82, 2.24) is 9.55 Å². The summed E-state index contributed by atoms with van der Waals surface area (Å²) in [5.41, 5.74) is -2.06. The Morgan fingerprint density at radius 2 is 1.67 bits per heavy atom. The molecular formula is C26H26F6N2O2. The van der Waals surface area contributed by atoms with E-state index in [0.717, 1.165) is 11.4 Å². The molecule has 0 saturated carbocycles. The summed E-state index contributed by atoms with van der Waals surface area (Å²) < 4.78 is 94.1. The van der Waals surface area contributed by atoms with Gasteiger partial charge in [-0.1, -0.05) is 30.3 Å². The average Bonchev–Trinajstić information content (AvgIpc) is 3.22. The van der Waals surface area contributed by atoms with Gasteiger partial charge >= 0.3 is 12.4 Å². The lowest BCUT2D eigenvalue weighted by molar-refractivity contribution is -0.209. The van der Waals surface area contributed by atoms with Gasteiger partial charge in [0.2, 0.25) is 0 Å². The highest BCUT2D eigenvalue weighted by Gasteiger charge is 2.40. The third-order valence-corrected chi connectivity index (χ3v) is 6.54. The molecule has 1 aliphatic rings. The Hall–Kier alpha value is -2.85. The molecule has 0 radical (unpaired) electrons. The number of aryl methyl sites for hydroxylation is 1. The number of hydrogen-bond acceptors (Lipinski definition) is 3. The van der Waals surface area contributed by atoms with Crippen molar-refractivity contribution in [3.63, 3.8) is 0 Å². The fourth-order valence-corrected chi connectivity index (χ4v) is 4.62. The van der Waals surface area contributed by atoms with Crippen LogP contribution in [0.5, 0.6) is 0 Å². The van der Waals surface area contributed by atoms with Gasteiger partial charge in [0.1, 0.15) is 5.82 Å². The van der Waals surface area contributed by atoms with Crippen LogP contribution in [0.2, 0.25) is 0 Å². The predicted octanol–water partition coefficient (Wildman–Crippen LogP) is 6.92. The minimum Gasteiger partial charge on any atom is -0.352 e. The second-order valence-corrected chi connectivity index (χ2v) is 9.00.